The normalized spacial score (nSPS) is 35.4. The van der Waals surface area contributed by atoms with Gasteiger partial charge in [-0.3, -0.25) is 4.79 Å². The van der Waals surface area contributed by atoms with E-state index in [0.29, 0.717) is 5.92 Å². The van der Waals surface area contributed by atoms with Gasteiger partial charge in [-0.2, -0.15) is 0 Å². The van der Waals surface area contributed by atoms with E-state index >= 15 is 0 Å². The van der Waals surface area contributed by atoms with E-state index in [2.05, 4.69) is 31.4 Å². The third-order valence-electron chi connectivity index (χ3n) is 5.10. The van der Waals surface area contributed by atoms with E-state index in [1.54, 1.807) is 0 Å². The molecule has 1 heterocycles. The number of piperidine rings is 1. The van der Waals surface area contributed by atoms with Crippen LogP contribution in [0, 0.1) is 23.2 Å². The number of hydrogen-bond donors (Lipinski definition) is 2. The summed E-state index contributed by atoms with van der Waals surface area (Å²) in [6.07, 6.45) is 4.69. The molecular formula is C15H28N2O. The number of carbonyl (C=O) groups is 1. The lowest BCUT2D eigenvalue weighted by Gasteiger charge is -2.31. The van der Waals surface area contributed by atoms with Gasteiger partial charge in [0.1, 0.15) is 0 Å². The van der Waals surface area contributed by atoms with Gasteiger partial charge in [-0.25, -0.2) is 0 Å². The summed E-state index contributed by atoms with van der Waals surface area (Å²) in [6, 6.07) is 0. The van der Waals surface area contributed by atoms with Crippen molar-refractivity contribution in [2.75, 3.05) is 19.6 Å². The first-order valence-electron chi connectivity index (χ1n) is 7.49. The first-order valence-corrected chi connectivity index (χ1v) is 7.49. The van der Waals surface area contributed by atoms with Gasteiger partial charge >= 0.3 is 0 Å². The lowest BCUT2D eigenvalue weighted by atomic mass is 9.81. The number of nitrogens with one attached hydrogen (secondary N) is 2. The van der Waals surface area contributed by atoms with Crippen LogP contribution in [0.4, 0.5) is 0 Å². The summed E-state index contributed by atoms with van der Waals surface area (Å²) in [4.78, 5) is 12.3. The Balaban J connectivity index is 1.81. The molecule has 1 amide bonds. The third-order valence-corrected chi connectivity index (χ3v) is 5.10. The van der Waals surface area contributed by atoms with E-state index in [1.165, 1.54) is 19.3 Å². The summed E-state index contributed by atoms with van der Waals surface area (Å²) in [5.74, 6) is 1.84. The molecule has 2 aliphatic rings. The maximum atomic E-state index is 12.3. The molecule has 1 saturated heterocycles. The third kappa shape index (κ3) is 3.05. The highest BCUT2D eigenvalue weighted by atomic mass is 16.1. The molecule has 3 nitrogen and oxygen atoms in total. The van der Waals surface area contributed by atoms with Crippen LogP contribution in [0.1, 0.15) is 46.5 Å². The maximum Gasteiger partial charge on any atom is 0.223 e. The molecule has 2 fully saturated rings. The van der Waals surface area contributed by atoms with Gasteiger partial charge in [0.25, 0.3) is 0 Å². The zero-order chi connectivity index (χ0) is 13.2. The molecule has 0 bridgehead atoms. The van der Waals surface area contributed by atoms with E-state index in [-0.39, 0.29) is 17.2 Å². The van der Waals surface area contributed by atoms with Crippen LogP contribution < -0.4 is 10.6 Å². The van der Waals surface area contributed by atoms with Crippen LogP contribution in [0.5, 0.6) is 0 Å². The van der Waals surface area contributed by atoms with Crippen molar-refractivity contribution in [2.24, 2.45) is 23.2 Å². The van der Waals surface area contributed by atoms with E-state index in [1.807, 2.05) is 0 Å². The molecule has 0 radical (unpaired) electrons. The van der Waals surface area contributed by atoms with Crippen LogP contribution >= 0.6 is 0 Å². The fraction of sp³-hybridized carbons (Fsp3) is 0.933. The minimum absolute atomic E-state index is 0.195. The highest BCUT2D eigenvalue weighted by molar-refractivity contribution is 5.79. The van der Waals surface area contributed by atoms with Crippen molar-refractivity contribution in [2.45, 2.75) is 46.5 Å². The number of rotatable bonds is 3. The van der Waals surface area contributed by atoms with Crippen molar-refractivity contribution >= 4 is 5.91 Å². The fourth-order valence-electron chi connectivity index (χ4n) is 3.50. The molecular weight excluding hydrogens is 224 g/mol. The predicted molar refractivity (Wildman–Crippen MR) is 74.3 cm³/mol. The monoisotopic (exact) mass is 252 g/mol. The zero-order valence-electron chi connectivity index (χ0n) is 12.1. The highest BCUT2D eigenvalue weighted by Crippen LogP contribution is 2.42. The summed E-state index contributed by atoms with van der Waals surface area (Å²) < 4.78 is 0. The number of amides is 1. The number of hydrogen-bond acceptors (Lipinski definition) is 2. The van der Waals surface area contributed by atoms with Crippen LogP contribution in [0.3, 0.4) is 0 Å². The largest absolute Gasteiger partial charge is 0.356 e. The quantitative estimate of drug-likeness (QED) is 0.808. The molecule has 2 rings (SSSR count). The van der Waals surface area contributed by atoms with Gasteiger partial charge in [0.05, 0.1) is 0 Å². The average molecular weight is 252 g/mol. The first-order chi connectivity index (χ1) is 8.50. The Morgan fingerprint density at radius 2 is 2.17 bits per heavy atom. The molecule has 3 atom stereocenters. The molecule has 1 aliphatic carbocycles. The van der Waals surface area contributed by atoms with Crippen LogP contribution in [-0.2, 0) is 4.79 Å². The van der Waals surface area contributed by atoms with Gasteiger partial charge in [0.2, 0.25) is 5.91 Å². The minimum Gasteiger partial charge on any atom is -0.356 e. The van der Waals surface area contributed by atoms with E-state index in [9.17, 15) is 4.79 Å². The van der Waals surface area contributed by atoms with Crippen LogP contribution in [-0.4, -0.2) is 25.5 Å². The van der Waals surface area contributed by atoms with Gasteiger partial charge in [-0.15, -0.1) is 0 Å². The van der Waals surface area contributed by atoms with E-state index in [0.717, 1.165) is 32.0 Å². The molecule has 3 unspecified atom stereocenters. The summed E-state index contributed by atoms with van der Waals surface area (Å²) >= 11 is 0. The second-order valence-electron chi connectivity index (χ2n) is 6.91. The van der Waals surface area contributed by atoms with Gasteiger partial charge in [-0.05, 0) is 49.6 Å². The molecule has 0 aromatic carbocycles. The topological polar surface area (TPSA) is 41.1 Å². The first kappa shape index (κ1) is 13.9. The molecule has 3 heteroatoms. The van der Waals surface area contributed by atoms with Crippen LogP contribution in [0.15, 0.2) is 0 Å². The second-order valence-corrected chi connectivity index (χ2v) is 6.91. The van der Waals surface area contributed by atoms with Crippen molar-refractivity contribution in [1.29, 1.82) is 0 Å². The molecule has 1 aliphatic heterocycles. The molecule has 0 aromatic rings. The van der Waals surface area contributed by atoms with Gasteiger partial charge in [0, 0.05) is 12.5 Å². The van der Waals surface area contributed by atoms with Gasteiger partial charge in [-0.1, -0.05) is 27.2 Å². The fourth-order valence-corrected chi connectivity index (χ4v) is 3.50. The standard InChI is InChI=1S/C15H28N2O/c1-11-6-8-16-9-12(11)10-17-14(18)13-5-4-7-15(13,2)3/h11-13,16H,4-10H2,1-3H3,(H,17,18). The summed E-state index contributed by atoms with van der Waals surface area (Å²) in [6.45, 7) is 9.79. The Morgan fingerprint density at radius 3 is 2.78 bits per heavy atom. The summed E-state index contributed by atoms with van der Waals surface area (Å²) in [5.41, 5.74) is 0.195. The van der Waals surface area contributed by atoms with Crippen molar-refractivity contribution in [1.82, 2.24) is 10.6 Å². The Kier molecular flexibility index (Phi) is 4.31. The van der Waals surface area contributed by atoms with E-state index in [4.69, 9.17) is 0 Å². The Labute approximate surface area is 111 Å². The Hall–Kier alpha value is -0.570. The Bertz CT molecular complexity index is 301. The maximum absolute atomic E-state index is 12.3. The predicted octanol–water partition coefficient (Wildman–Crippen LogP) is 2.17. The zero-order valence-corrected chi connectivity index (χ0v) is 12.1. The minimum atomic E-state index is 0.195. The van der Waals surface area contributed by atoms with Crippen molar-refractivity contribution in [3.63, 3.8) is 0 Å². The molecule has 18 heavy (non-hydrogen) atoms. The molecule has 0 aromatic heterocycles. The summed E-state index contributed by atoms with van der Waals surface area (Å²) in [5, 5.41) is 6.62. The smallest absolute Gasteiger partial charge is 0.223 e. The van der Waals surface area contributed by atoms with Crippen molar-refractivity contribution < 1.29 is 4.79 Å². The van der Waals surface area contributed by atoms with Crippen LogP contribution in [0.25, 0.3) is 0 Å². The SMILES string of the molecule is CC1CCNCC1CNC(=O)C1CCCC1(C)C. The van der Waals surface area contributed by atoms with Crippen LogP contribution in [0.2, 0.25) is 0 Å². The Morgan fingerprint density at radius 1 is 1.39 bits per heavy atom. The van der Waals surface area contributed by atoms with E-state index < -0.39 is 0 Å². The lowest BCUT2D eigenvalue weighted by molar-refractivity contribution is -0.127. The molecule has 2 N–H and O–H groups in total. The summed E-state index contributed by atoms with van der Waals surface area (Å²) in [7, 11) is 0. The highest BCUT2D eigenvalue weighted by Gasteiger charge is 2.39. The molecule has 1 saturated carbocycles. The van der Waals surface area contributed by atoms with Crippen molar-refractivity contribution in [3.05, 3.63) is 0 Å². The lowest BCUT2D eigenvalue weighted by Crippen LogP contribution is -2.44. The second kappa shape index (κ2) is 5.60. The van der Waals surface area contributed by atoms with Gasteiger partial charge < -0.3 is 10.6 Å². The number of carbonyl (C=O) groups excluding carboxylic acids is 1. The average Bonchev–Trinajstić information content (AvgIpc) is 2.67. The van der Waals surface area contributed by atoms with Crippen molar-refractivity contribution in [3.8, 4) is 0 Å². The molecule has 0 spiro atoms. The molecule has 104 valence electrons. The van der Waals surface area contributed by atoms with Gasteiger partial charge in [0.15, 0.2) is 0 Å².